The van der Waals surface area contributed by atoms with Crippen molar-refractivity contribution in [1.82, 2.24) is 0 Å². The van der Waals surface area contributed by atoms with Crippen LogP contribution in [0.2, 0.25) is 0 Å². The van der Waals surface area contributed by atoms with E-state index < -0.39 is 13.0 Å². The van der Waals surface area contributed by atoms with Gasteiger partial charge >= 0.3 is 0 Å². The van der Waals surface area contributed by atoms with Gasteiger partial charge in [-0.1, -0.05) is 13.8 Å². The van der Waals surface area contributed by atoms with Crippen molar-refractivity contribution < 1.29 is 18.3 Å². The second-order valence-electron chi connectivity index (χ2n) is 3.20. The Kier molecular flexibility index (Phi) is 7.57. The number of ether oxygens (including phenoxy) is 1. The number of hydrogen-bond donors (Lipinski definition) is 0. The Labute approximate surface area is 83.6 Å². The first-order chi connectivity index (χ1) is 6.61. The van der Waals surface area contributed by atoms with Crippen LogP contribution in [0, 0.1) is 5.92 Å². The molecule has 84 valence electrons. The maximum absolute atomic E-state index is 11.6. The zero-order valence-electron chi connectivity index (χ0n) is 8.76. The van der Waals surface area contributed by atoms with Gasteiger partial charge in [-0.15, -0.1) is 0 Å². The summed E-state index contributed by atoms with van der Waals surface area (Å²) >= 11 is 0. The van der Waals surface area contributed by atoms with Gasteiger partial charge in [0.25, 0.3) is 6.43 Å². The average Bonchev–Trinajstić information content (AvgIpc) is 2.14. The Morgan fingerprint density at radius 2 is 1.86 bits per heavy atom. The molecule has 0 aromatic carbocycles. The zero-order chi connectivity index (χ0) is 11.0. The molecule has 0 saturated heterocycles. The van der Waals surface area contributed by atoms with Gasteiger partial charge in [0.1, 0.15) is 12.4 Å². The monoisotopic (exact) mass is 208 g/mol. The minimum absolute atomic E-state index is 0.0603. The van der Waals surface area contributed by atoms with Gasteiger partial charge in [0.05, 0.1) is 6.61 Å². The van der Waals surface area contributed by atoms with Crippen LogP contribution in [0.4, 0.5) is 8.78 Å². The van der Waals surface area contributed by atoms with Gasteiger partial charge in [-0.2, -0.15) is 0 Å². The van der Waals surface area contributed by atoms with Crippen molar-refractivity contribution in [2.24, 2.45) is 5.92 Å². The van der Waals surface area contributed by atoms with Crippen LogP contribution in [-0.2, 0) is 9.53 Å². The highest BCUT2D eigenvalue weighted by atomic mass is 19.3. The molecule has 4 heteroatoms. The van der Waals surface area contributed by atoms with Gasteiger partial charge < -0.3 is 4.74 Å². The van der Waals surface area contributed by atoms with E-state index >= 15 is 0 Å². The number of Topliss-reactive ketones (excluding diaryl/α,β-unsaturated/α-hetero) is 1. The topological polar surface area (TPSA) is 26.3 Å². The molecular formula is C10H18F2O2. The molecule has 0 aliphatic heterocycles. The van der Waals surface area contributed by atoms with E-state index in [1.165, 1.54) is 0 Å². The third kappa shape index (κ3) is 6.02. The molecule has 0 spiro atoms. The van der Waals surface area contributed by atoms with Gasteiger partial charge in [-0.25, -0.2) is 8.78 Å². The average molecular weight is 208 g/mol. The van der Waals surface area contributed by atoms with Gasteiger partial charge in [-0.3, -0.25) is 4.79 Å². The minimum Gasteiger partial charge on any atom is -0.375 e. The molecule has 0 N–H and O–H groups in total. The van der Waals surface area contributed by atoms with Crippen molar-refractivity contribution in [2.45, 2.75) is 39.5 Å². The van der Waals surface area contributed by atoms with E-state index in [1.807, 2.05) is 13.8 Å². The van der Waals surface area contributed by atoms with Crippen molar-refractivity contribution in [1.29, 1.82) is 0 Å². The second kappa shape index (κ2) is 7.85. The zero-order valence-corrected chi connectivity index (χ0v) is 8.76. The van der Waals surface area contributed by atoms with E-state index in [0.717, 1.165) is 12.8 Å². The predicted molar refractivity (Wildman–Crippen MR) is 50.5 cm³/mol. The molecule has 0 fully saturated rings. The van der Waals surface area contributed by atoms with E-state index in [4.69, 9.17) is 0 Å². The van der Waals surface area contributed by atoms with E-state index in [-0.39, 0.29) is 24.7 Å². The molecule has 0 amide bonds. The normalized spacial score (nSPS) is 11.3. The lowest BCUT2D eigenvalue weighted by molar-refractivity contribution is -0.124. The fourth-order valence-electron chi connectivity index (χ4n) is 1.29. The fourth-order valence-corrected chi connectivity index (χ4v) is 1.29. The Balaban J connectivity index is 3.52. The first-order valence-electron chi connectivity index (χ1n) is 5.00. The van der Waals surface area contributed by atoms with Gasteiger partial charge in [0, 0.05) is 12.3 Å². The number of carbonyl (C=O) groups excluding carboxylic acids is 1. The number of hydrogen-bond acceptors (Lipinski definition) is 2. The van der Waals surface area contributed by atoms with Crippen LogP contribution in [0.15, 0.2) is 0 Å². The first kappa shape index (κ1) is 13.5. The van der Waals surface area contributed by atoms with Crippen molar-refractivity contribution in [3.63, 3.8) is 0 Å². The molecule has 2 nitrogen and oxygen atoms in total. The number of rotatable bonds is 8. The summed E-state index contributed by atoms with van der Waals surface area (Å²) in [6.07, 6.45) is -0.578. The lowest BCUT2D eigenvalue weighted by Gasteiger charge is -2.10. The highest BCUT2D eigenvalue weighted by Gasteiger charge is 2.13. The molecule has 0 aromatic rings. The summed E-state index contributed by atoms with van der Waals surface area (Å²) in [5, 5.41) is 0. The Bertz CT molecular complexity index is 156. The quantitative estimate of drug-likeness (QED) is 0.573. The molecule has 14 heavy (non-hydrogen) atoms. The van der Waals surface area contributed by atoms with Crippen molar-refractivity contribution >= 4 is 5.78 Å². The third-order valence-electron chi connectivity index (χ3n) is 2.18. The van der Waals surface area contributed by atoms with Crippen molar-refractivity contribution in [3.8, 4) is 0 Å². The van der Waals surface area contributed by atoms with Crippen LogP contribution in [0.3, 0.4) is 0 Å². The third-order valence-corrected chi connectivity index (χ3v) is 2.18. The number of alkyl halides is 2. The molecule has 0 unspecified atom stereocenters. The Hall–Kier alpha value is -0.510. The molecule has 0 aliphatic rings. The van der Waals surface area contributed by atoms with E-state index in [0.29, 0.717) is 0 Å². The van der Waals surface area contributed by atoms with E-state index in [2.05, 4.69) is 4.74 Å². The van der Waals surface area contributed by atoms with Crippen molar-refractivity contribution in [2.75, 3.05) is 13.2 Å². The standard InChI is InChI=1S/C10H18F2O2/c1-3-8(4-2)9(13)5-6-14-7-10(11)12/h8,10H,3-7H2,1-2H3. The van der Waals surface area contributed by atoms with Gasteiger partial charge in [0.2, 0.25) is 0 Å². The molecule has 0 heterocycles. The Morgan fingerprint density at radius 3 is 2.29 bits per heavy atom. The Morgan fingerprint density at radius 1 is 1.29 bits per heavy atom. The smallest absolute Gasteiger partial charge is 0.261 e. The highest BCUT2D eigenvalue weighted by Crippen LogP contribution is 2.10. The summed E-state index contributed by atoms with van der Waals surface area (Å²) in [4.78, 5) is 11.4. The maximum Gasteiger partial charge on any atom is 0.261 e. The van der Waals surface area contributed by atoms with E-state index in [9.17, 15) is 13.6 Å². The van der Waals surface area contributed by atoms with Gasteiger partial charge in [-0.05, 0) is 12.8 Å². The molecule has 0 atom stereocenters. The largest absolute Gasteiger partial charge is 0.375 e. The fraction of sp³-hybridized carbons (Fsp3) is 0.900. The summed E-state index contributed by atoms with van der Waals surface area (Å²) in [7, 11) is 0. The lowest BCUT2D eigenvalue weighted by atomic mass is 9.96. The second-order valence-corrected chi connectivity index (χ2v) is 3.20. The van der Waals surface area contributed by atoms with Crippen LogP contribution < -0.4 is 0 Å². The molecule has 0 aliphatic carbocycles. The van der Waals surface area contributed by atoms with Crippen LogP contribution in [-0.4, -0.2) is 25.4 Å². The summed E-state index contributed by atoms with van der Waals surface area (Å²) in [6, 6.07) is 0. The summed E-state index contributed by atoms with van der Waals surface area (Å²) < 4.78 is 27.9. The van der Waals surface area contributed by atoms with Crippen LogP contribution in [0.1, 0.15) is 33.1 Å². The molecule has 0 aromatic heterocycles. The number of ketones is 1. The first-order valence-corrected chi connectivity index (χ1v) is 5.00. The van der Waals surface area contributed by atoms with E-state index in [1.54, 1.807) is 0 Å². The minimum atomic E-state index is -2.45. The van der Waals surface area contributed by atoms with Gasteiger partial charge in [0.15, 0.2) is 0 Å². The summed E-state index contributed by atoms with van der Waals surface area (Å²) in [6.45, 7) is 3.44. The SMILES string of the molecule is CCC(CC)C(=O)CCOCC(F)F. The number of halogens is 2. The maximum atomic E-state index is 11.6. The van der Waals surface area contributed by atoms with Crippen molar-refractivity contribution in [3.05, 3.63) is 0 Å². The molecule has 0 rings (SSSR count). The summed E-state index contributed by atoms with van der Waals surface area (Å²) in [5.41, 5.74) is 0. The van der Waals surface area contributed by atoms with Crippen LogP contribution in [0.5, 0.6) is 0 Å². The molecular weight excluding hydrogens is 190 g/mol. The van der Waals surface area contributed by atoms with Crippen LogP contribution in [0.25, 0.3) is 0 Å². The highest BCUT2D eigenvalue weighted by molar-refractivity contribution is 5.80. The van der Waals surface area contributed by atoms with Crippen LogP contribution >= 0.6 is 0 Å². The molecule has 0 bridgehead atoms. The molecule has 0 radical (unpaired) electrons. The molecule has 0 saturated carbocycles. The predicted octanol–water partition coefficient (Wildman–Crippen LogP) is 2.66. The summed E-state index contributed by atoms with van der Waals surface area (Å²) in [5.74, 6) is 0.175. The number of carbonyl (C=O) groups is 1. The lowest BCUT2D eigenvalue weighted by Crippen LogP contribution is -2.16.